The van der Waals surface area contributed by atoms with Gasteiger partial charge in [0.15, 0.2) is 15.6 Å². The van der Waals surface area contributed by atoms with Gasteiger partial charge in [-0.2, -0.15) is 0 Å². The number of carbonyl (C=O) groups excluding carboxylic acids is 1. The molecule has 1 saturated heterocycles. The molecular weight excluding hydrogens is 268 g/mol. The average Bonchev–Trinajstić information content (AvgIpc) is 2.81. The number of benzene rings is 1. The van der Waals surface area contributed by atoms with Crippen LogP contribution < -0.4 is 4.74 Å². The third-order valence-corrected chi connectivity index (χ3v) is 5.27. The SMILES string of the molecule is O=C1CCc2c(OC3CS(=O)(=O)CC3O)cccc21. The van der Waals surface area contributed by atoms with Crippen LogP contribution in [0.3, 0.4) is 0 Å². The maximum Gasteiger partial charge on any atom is 0.163 e. The van der Waals surface area contributed by atoms with Gasteiger partial charge in [-0.25, -0.2) is 8.42 Å². The summed E-state index contributed by atoms with van der Waals surface area (Å²) in [7, 11) is -3.23. The summed E-state index contributed by atoms with van der Waals surface area (Å²) in [6.07, 6.45) is -0.675. The van der Waals surface area contributed by atoms with Gasteiger partial charge in [0.25, 0.3) is 0 Å². The van der Waals surface area contributed by atoms with Crippen LogP contribution in [-0.4, -0.2) is 43.0 Å². The Morgan fingerprint density at radius 1 is 1.21 bits per heavy atom. The number of fused-ring (bicyclic) bond motifs is 1. The van der Waals surface area contributed by atoms with Gasteiger partial charge in [0.2, 0.25) is 0 Å². The van der Waals surface area contributed by atoms with Crippen LogP contribution in [-0.2, 0) is 16.3 Å². The molecule has 6 heteroatoms. The largest absolute Gasteiger partial charge is 0.486 e. The van der Waals surface area contributed by atoms with Crippen LogP contribution in [0.25, 0.3) is 0 Å². The Hall–Kier alpha value is -1.40. The van der Waals surface area contributed by atoms with E-state index >= 15 is 0 Å². The molecule has 1 N–H and O–H groups in total. The van der Waals surface area contributed by atoms with Crippen LogP contribution in [0.15, 0.2) is 18.2 Å². The summed E-state index contributed by atoms with van der Waals surface area (Å²) < 4.78 is 28.5. The van der Waals surface area contributed by atoms with E-state index < -0.39 is 22.0 Å². The Morgan fingerprint density at radius 2 is 2.00 bits per heavy atom. The summed E-state index contributed by atoms with van der Waals surface area (Å²) in [5.41, 5.74) is 1.47. The number of aliphatic hydroxyl groups is 1. The second kappa shape index (κ2) is 4.31. The molecule has 0 radical (unpaired) electrons. The molecule has 19 heavy (non-hydrogen) atoms. The molecule has 1 aromatic rings. The number of hydrogen-bond acceptors (Lipinski definition) is 5. The van der Waals surface area contributed by atoms with E-state index in [0.29, 0.717) is 24.2 Å². The van der Waals surface area contributed by atoms with Gasteiger partial charge in [-0.3, -0.25) is 4.79 Å². The number of ether oxygens (including phenoxy) is 1. The molecule has 2 atom stereocenters. The van der Waals surface area contributed by atoms with Crippen molar-refractivity contribution < 1.29 is 23.1 Å². The van der Waals surface area contributed by atoms with E-state index in [1.807, 2.05) is 0 Å². The number of rotatable bonds is 2. The third-order valence-electron chi connectivity index (χ3n) is 3.59. The maximum absolute atomic E-state index is 11.6. The van der Waals surface area contributed by atoms with Crippen molar-refractivity contribution in [2.45, 2.75) is 25.0 Å². The lowest BCUT2D eigenvalue weighted by atomic mass is 10.1. The zero-order chi connectivity index (χ0) is 13.6. The average molecular weight is 282 g/mol. The molecule has 1 aliphatic heterocycles. The first-order valence-electron chi connectivity index (χ1n) is 6.16. The number of ketones is 1. The Bertz CT molecular complexity index is 634. The van der Waals surface area contributed by atoms with Crippen LogP contribution in [0.5, 0.6) is 5.75 Å². The van der Waals surface area contributed by atoms with Crippen LogP contribution in [0.1, 0.15) is 22.3 Å². The summed E-state index contributed by atoms with van der Waals surface area (Å²) >= 11 is 0. The first-order chi connectivity index (χ1) is 8.96. The molecule has 1 aromatic carbocycles. The monoisotopic (exact) mass is 282 g/mol. The first-order valence-corrected chi connectivity index (χ1v) is 7.99. The first kappa shape index (κ1) is 12.6. The zero-order valence-corrected chi connectivity index (χ0v) is 11.0. The van der Waals surface area contributed by atoms with Crippen molar-refractivity contribution in [3.05, 3.63) is 29.3 Å². The van der Waals surface area contributed by atoms with E-state index in [4.69, 9.17) is 4.74 Å². The van der Waals surface area contributed by atoms with Crippen molar-refractivity contribution in [3.63, 3.8) is 0 Å². The fourth-order valence-electron chi connectivity index (χ4n) is 2.64. The number of sulfone groups is 1. The molecule has 3 rings (SSSR count). The Kier molecular flexibility index (Phi) is 2.87. The van der Waals surface area contributed by atoms with Crippen molar-refractivity contribution in [1.82, 2.24) is 0 Å². The lowest BCUT2D eigenvalue weighted by Crippen LogP contribution is -2.30. The van der Waals surface area contributed by atoms with Crippen molar-refractivity contribution >= 4 is 15.6 Å². The minimum Gasteiger partial charge on any atom is -0.486 e. The van der Waals surface area contributed by atoms with Crippen molar-refractivity contribution in [2.75, 3.05) is 11.5 Å². The van der Waals surface area contributed by atoms with Crippen LogP contribution in [0.2, 0.25) is 0 Å². The summed E-state index contributed by atoms with van der Waals surface area (Å²) in [6, 6.07) is 5.18. The Labute approximate surface area is 111 Å². The molecule has 1 aliphatic carbocycles. The molecule has 102 valence electrons. The summed E-state index contributed by atoms with van der Waals surface area (Å²) in [5.74, 6) is 0.168. The Morgan fingerprint density at radius 3 is 2.68 bits per heavy atom. The van der Waals surface area contributed by atoms with Gasteiger partial charge in [0.05, 0.1) is 11.5 Å². The van der Waals surface area contributed by atoms with E-state index in [1.54, 1.807) is 18.2 Å². The van der Waals surface area contributed by atoms with Gasteiger partial charge in [-0.05, 0) is 12.5 Å². The fraction of sp³-hybridized carbons (Fsp3) is 0.462. The van der Waals surface area contributed by atoms with Crippen LogP contribution >= 0.6 is 0 Å². The van der Waals surface area contributed by atoms with Gasteiger partial charge in [-0.1, -0.05) is 12.1 Å². The second-order valence-electron chi connectivity index (χ2n) is 5.01. The van der Waals surface area contributed by atoms with Crippen molar-refractivity contribution in [3.8, 4) is 5.75 Å². The molecule has 5 nitrogen and oxygen atoms in total. The van der Waals surface area contributed by atoms with E-state index in [-0.39, 0.29) is 17.3 Å². The normalized spacial score (nSPS) is 28.4. The molecule has 1 fully saturated rings. The lowest BCUT2D eigenvalue weighted by molar-refractivity contribution is 0.0732. The molecule has 0 amide bonds. The molecule has 1 heterocycles. The topological polar surface area (TPSA) is 80.7 Å². The number of aliphatic hydroxyl groups excluding tert-OH is 1. The highest BCUT2D eigenvalue weighted by atomic mass is 32.2. The Balaban J connectivity index is 1.88. The minimum absolute atomic E-state index is 0.0834. The zero-order valence-electron chi connectivity index (χ0n) is 10.2. The fourth-order valence-corrected chi connectivity index (χ4v) is 4.30. The predicted octanol–water partition coefficient (Wildman–Crippen LogP) is 0.352. The molecule has 0 saturated carbocycles. The summed E-state index contributed by atoms with van der Waals surface area (Å²) in [6.45, 7) is 0. The molecular formula is C13H14O5S. The van der Waals surface area contributed by atoms with E-state index in [9.17, 15) is 18.3 Å². The third kappa shape index (κ3) is 2.26. The summed E-state index contributed by atoms with van der Waals surface area (Å²) in [4.78, 5) is 11.6. The van der Waals surface area contributed by atoms with Gasteiger partial charge < -0.3 is 9.84 Å². The quantitative estimate of drug-likeness (QED) is 0.846. The van der Waals surface area contributed by atoms with E-state index in [1.165, 1.54) is 0 Å². The van der Waals surface area contributed by atoms with Crippen LogP contribution in [0.4, 0.5) is 0 Å². The highest BCUT2D eigenvalue weighted by Gasteiger charge is 2.38. The van der Waals surface area contributed by atoms with Gasteiger partial charge in [0, 0.05) is 17.5 Å². The van der Waals surface area contributed by atoms with E-state index in [0.717, 1.165) is 5.56 Å². The maximum atomic E-state index is 11.6. The van der Waals surface area contributed by atoms with E-state index in [2.05, 4.69) is 0 Å². The number of hydrogen-bond donors (Lipinski definition) is 1. The van der Waals surface area contributed by atoms with Gasteiger partial charge >= 0.3 is 0 Å². The molecule has 0 spiro atoms. The van der Waals surface area contributed by atoms with Gasteiger partial charge in [0.1, 0.15) is 18.0 Å². The second-order valence-corrected chi connectivity index (χ2v) is 7.16. The van der Waals surface area contributed by atoms with Crippen molar-refractivity contribution in [2.24, 2.45) is 0 Å². The smallest absolute Gasteiger partial charge is 0.163 e. The minimum atomic E-state index is -3.23. The van der Waals surface area contributed by atoms with Gasteiger partial charge in [-0.15, -0.1) is 0 Å². The number of carbonyl (C=O) groups is 1. The summed E-state index contributed by atoms with van der Waals surface area (Å²) in [5, 5.41) is 9.72. The highest BCUT2D eigenvalue weighted by molar-refractivity contribution is 7.91. The molecule has 0 aromatic heterocycles. The lowest BCUT2D eigenvalue weighted by Gasteiger charge is -2.17. The van der Waals surface area contributed by atoms with Crippen molar-refractivity contribution in [1.29, 1.82) is 0 Å². The standard InChI is InChI=1S/C13H14O5S/c14-10-5-4-9-8(10)2-1-3-12(9)18-13-7-19(16,17)6-11(13)15/h1-3,11,13,15H,4-7H2. The van der Waals surface area contributed by atoms with Crippen LogP contribution in [0, 0.1) is 0 Å². The number of Topliss-reactive ketones (excluding diaryl/α,β-unsaturated/α-hetero) is 1. The molecule has 2 aliphatic rings. The molecule has 2 unspecified atom stereocenters. The highest BCUT2D eigenvalue weighted by Crippen LogP contribution is 2.32. The molecule has 0 bridgehead atoms. The predicted molar refractivity (Wildman–Crippen MR) is 68.2 cm³/mol.